The molecule has 25 heavy (non-hydrogen) atoms. The smallest absolute Gasteiger partial charge is 0.126 e. The maximum absolute atomic E-state index is 13.6. The molecule has 0 atom stereocenters. The molecule has 1 aliphatic rings. The number of hydrogen-bond donors (Lipinski definition) is 0. The van der Waals surface area contributed by atoms with Crippen molar-refractivity contribution in [3.05, 3.63) is 70.5 Å². The third-order valence-corrected chi connectivity index (χ3v) is 5.94. The lowest BCUT2D eigenvalue weighted by molar-refractivity contribution is 0.278. The van der Waals surface area contributed by atoms with E-state index in [2.05, 4.69) is 31.2 Å². The molecule has 3 rings (SSSR count). The molecule has 0 aromatic heterocycles. The fourth-order valence-corrected chi connectivity index (χ4v) is 3.94. The van der Waals surface area contributed by atoms with Crippen LogP contribution in [0, 0.1) is 24.6 Å². The summed E-state index contributed by atoms with van der Waals surface area (Å²) in [5.41, 5.74) is 4.61. The van der Waals surface area contributed by atoms with E-state index in [-0.39, 0.29) is 5.82 Å². The molecule has 0 heterocycles. The first-order valence-electron chi connectivity index (χ1n) is 9.93. The zero-order valence-electron chi connectivity index (χ0n) is 15.7. The highest BCUT2D eigenvalue weighted by atomic mass is 19.1. The maximum atomic E-state index is 13.6. The van der Waals surface area contributed by atoms with E-state index in [1.54, 1.807) is 6.07 Å². The number of rotatable bonds is 6. The first kappa shape index (κ1) is 18.2. The Morgan fingerprint density at radius 2 is 1.36 bits per heavy atom. The Hall–Kier alpha value is -1.63. The number of benzene rings is 2. The first-order valence-corrected chi connectivity index (χ1v) is 9.93. The Kier molecular flexibility index (Phi) is 6.29. The minimum Gasteiger partial charge on any atom is -0.207 e. The minimum atomic E-state index is -0.0926. The van der Waals surface area contributed by atoms with E-state index < -0.39 is 0 Å². The molecule has 0 bridgehead atoms. The van der Waals surface area contributed by atoms with Crippen molar-refractivity contribution >= 4 is 0 Å². The molecule has 0 unspecified atom stereocenters. The van der Waals surface area contributed by atoms with Gasteiger partial charge in [0.05, 0.1) is 0 Å². The van der Waals surface area contributed by atoms with E-state index in [1.165, 1.54) is 49.7 Å². The van der Waals surface area contributed by atoms with Crippen molar-refractivity contribution in [1.29, 1.82) is 0 Å². The highest BCUT2D eigenvalue weighted by Gasteiger charge is 2.17. The van der Waals surface area contributed by atoms with Crippen molar-refractivity contribution < 1.29 is 4.39 Å². The monoisotopic (exact) mass is 338 g/mol. The summed E-state index contributed by atoms with van der Waals surface area (Å²) in [4.78, 5) is 0. The van der Waals surface area contributed by atoms with Crippen LogP contribution in [0.1, 0.15) is 61.3 Å². The predicted molar refractivity (Wildman–Crippen MR) is 104 cm³/mol. The van der Waals surface area contributed by atoms with E-state index in [4.69, 9.17) is 0 Å². The zero-order valence-corrected chi connectivity index (χ0v) is 15.7. The first-order chi connectivity index (χ1) is 12.1. The normalized spacial score (nSPS) is 20.6. The van der Waals surface area contributed by atoms with Crippen molar-refractivity contribution in [1.82, 2.24) is 0 Å². The van der Waals surface area contributed by atoms with Crippen LogP contribution in [0.25, 0.3) is 0 Å². The molecular weight excluding hydrogens is 307 g/mol. The summed E-state index contributed by atoms with van der Waals surface area (Å²) < 4.78 is 13.6. The topological polar surface area (TPSA) is 0 Å². The van der Waals surface area contributed by atoms with Gasteiger partial charge in [-0.05, 0) is 72.8 Å². The molecule has 0 nitrogen and oxygen atoms in total. The van der Waals surface area contributed by atoms with E-state index in [0.29, 0.717) is 0 Å². The Morgan fingerprint density at radius 1 is 0.800 bits per heavy atom. The number of halogens is 1. The number of hydrogen-bond acceptors (Lipinski definition) is 0. The molecule has 2 aromatic carbocycles. The average molecular weight is 339 g/mol. The molecule has 134 valence electrons. The van der Waals surface area contributed by atoms with Crippen molar-refractivity contribution in [3.63, 3.8) is 0 Å². The Labute approximate surface area is 152 Å². The summed E-state index contributed by atoms with van der Waals surface area (Å²) in [6.45, 7) is 4.20. The van der Waals surface area contributed by atoms with Gasteiger partial charge in [-0.25, -0.2) is 4.39 Å². The average Bonchev–Trinajstić information content (AvgIpc) is 2.63. The lowest BCUT2D eigenvalue weighted by atomic mass is 9.80. The summed E-state index contributed by atoms with van der Waals surface area (Å²) in [6, 6.07) is 14.7. The van der Waals surface area contributed by atoms with Crippen LogP contribution >= 0.6 is 0 Å². The summed E-state index contributed by atoms with van der Waals surface area (Å²) in [6.07, 6.45) is 10.1. The third-order valence-electron chi connectivity index (χ3n) is 5.94. The quantitative estimate of drug-likeness (QED) is 0.551. The van der Waals surface area contributed by atoms with Crippen LogP contribution in [0.5, 0.6) is 0 Å². The van der Waals surface area contributed by atoms with Gasteiger partial charge in [0.2, 0.25) is 0 Å². The van der Waals surface area contributed by atoms with E-state index >= 15 is 0 Å². The van der Waals surface area contributed by atoms with E-state index in [9.17, 15) is 4.39 Å². The molecule has 0 aliphatic heterocycles. The van der Waals surface area contributed by atoms with Crippen molar-refractivity contribution in [2.24, 2.45) is 11.8 Å². The van der Waals surface area contributed by atoms with E-state index in [0.717, 1.165) is 35.8 Å². The Morgan fingerprint density at radius 3 is 2.00 bits per heavy atom. The van der Waals surface area contributed by atoms with Crippen LogP contribution in [0.15, 0.2) is 42.5 Å². The molecular formula is C24H31F. The molecule has 1 saturated carbocycles. The van der Waals surface area contributed by atoms with Crippen LogP contribution in [0.3, 0.4) is 0 Å². The highest BCUT2D eigenvalue weighted by molar-refractivity contribution is 5.26. The predicted octanol–water partition coefficient (Wildman–Crippen LogP) is 6.68. The largest absolute Gasteiger partial charge is 0.207 e. The van der Waals surface area contributed by atoms with Gasteiger partial charge in [0, 0.05) is 0 Å². The number of aryl methyl sites for hydroxylation is 4. The minimum absolute atomic E-state index is 0.0926. The van der Waals surface area contributed by atoms with Crippen molar-refractivity contribution in [2.45, 2.75) is 65.2 Å². The molecule has 0 radical (unpaired) electrons. The van der Waals surface area contributed by atoms with Gasteiger partial charge in [-0.15, -0.1) is 0 Å². The second kappa shape index (κ2) is 8.65. The van der Waals surface area contributed by atoms with Gasteiger partial charge in [-0.3, -0.25) is 0 Å². The molecule has 1 fully saturated rings. The van der Waals surface area contributed by atoms with Crippen LogP contribution in [0.4, 0.5) is 4.39 Å². The highest BCUT2D eigenvalue weighted by Crippen LogP contribution is 2.31. The van der Waals surface area contributed by atoms with Crippen molar-refractivity contribution in [2.75, 3.05) is 0 Å². The molecule has 1 aliphatic carbocycles. The van der Waals surface area contributed by atoms with Crippen LogP contribution in [-0.2, 0) is 19.3 Å². The van der Waals surface area contributed by atoms with Gasteiger partial charge in [-0.1, -0.05) is 69.0 Å². The summed E-state index contributed by atoms with van der Waals surface area (Å²) in [7, 11) is 0. The van der Waals surface area contributed by atoms with Gasteiger partial charge in [-0.2, -0.15) is 0 Å². The van der Waals surface area contributed by atoms with Gasteiger partial charge in [0.15, 0.2) is 0 Å². The van der Waals surface area contributed by atoms with Crippen molar-refractivity contribution in [3.8, 4) is 0 Å². The molecule has 0 N–H and O–H groups in total. The second-order valence-electron chi connectivity index (χ2n) is 8.06. The van der Waals surface area contributed by atoms with Crippen LogP contribution in [-0.4, -0.2) is 0 Å². The summed E-state index contributed by atoms with van der Waals surface area (Å²) in [5, 5.41) is 0. The molecule has 1 heteroatoms. The Balaban J connectivity index is 1.46. The summed E-state index contributed by atoms with van der Waals surface area (Å²) in [5.74, 6) is 1.79. The van der Waals surface area contributed by atoms with Crippen LogP contribution < -0.4 is 0 Å². The summed E-state index contributed by atoms with van der Waals surface area (Å²) >= 11 is 0. The fraction of sp³-hybridized carbons (Fsp3) is 0.500. The fourth-order valence-electron chi connectivity index (χ4n) is 3.94. The SMILES string of the molecule is Cc1ccc(CCc2ccc(CCC3CCC(C)CC3)cc2)cc1F. The molecule has 2 aromatic rings. The molecule has 0 saturated heterocycles. The van der Waals surface area contributed by atoms with Gasteiger partial charge in [0.1, 0.15) is 5.82 Å². The lowest BCUT2D eigenvalue weighted by Gasteiger charge is -2.26. The Bertz CT molecular complexity index is 663. The third kappa shape index (κ3) is 5.42. The molecule has 0 amide bonds. The molecule has 0 spiro atoms. The van der Waals surface area contributed by atoms with Gasteiger partial charge >= 0.3 is 0 Å². The lowest BCUT2D eigenvalue weighted by Crippen LogP contribution is -2.12. The van der Waals surface area contributed by atoms with Gasteiger partial charge in [0.25, 0.3) is 0 Å². The van der Waals surface area contributed by atoms with Crippen LogP contribution in [0.2, 0.25) is 0 Å². The van der Waals surface area contributed by atoms with E-state index in [1.807, 2.05) is 19.1 Å². The zero-order chi connectivity index (χ0) is 17.6. The standard InChI is InChI=1S/C24H31F/c1-18-3-6-20(7-4-18)9-10-21-11-13-22(14-12-21)15-16-23-8-5-19(2)24(25)17-23/h5,8,11-14,17-18,20H,3-4,6-7,9-10,15-16H2,1-2H3. The maximum Gasteiger partial charge on any atom is 0.126 e. The van der Waals surface area contributed by atoms with Gasteiger partial charge < -0.3 is 0 Å². The second-order valence-corrected chi connectivity index (χ2v) is 8.06.